The van der Waals surface area contributed by atoms with Gasteiger partial charge in [-0.15, -0.1) is 11.3 Å². The van der Waals surface area contributed by atoms with Crippen LogP contribution < -0.4 is 4.74 Å². The molecule has 0 saturated carbocycles. The zero-order valence-electron chi connectivity index (χ0n) is 9.14. The van der Waals surface area contributed by atoms with Crippen LogP contribution in [-0.4, -0.2) is 10.8 Å². The van der Waals surface area contributed by atoms with Gasteiger partial charge in [0.15, 0.2) is 5.78 Å². The second-order valence-corrected chi connectivity index (χ2v) is 4.37. The number of ketones is 1. The second kappa shape index (κ2) is 5.05. The molecule has 0 aliphatic heterocycles. The lowest BCUT2D eigenvalue weighted by atomic mass is 10.3. The molecule has 0 saturated heterocycles. The van der Waals surface area contributed by atoms with Crippen LogP contribution in [0.4, 0.5) is 4.39 Å². The molecule has 17 heavy (non-hydrogen) atoms. The first-order valence-electron chi connectivity index (χ1n) is 4.99. The molecule has 0 bridgehead atoms. The molecule has 88 valence electrons. The van der Waals surface area contributed by atoms with Gasteiger partial charge in [0, 0.05) is 18.4 Å². The summed E-state index contributed by atoms with van der Waals surface area (Å²) in [4.78, 5) is 15.1. The highest BCUT2D eigenvalue weighted by atomic mass is 32.1. The Morgan fingerprint density at radius 3 is 3.00 bits per heavy atom. The highest BCUT2D eigenvalue weighted by molar-refractivity contribution is 7.09. The van der Waals surface area contributed by atoms with E-state index in [0.29, 0.717) is 16.5 Å². The van der Waals surface area contributed by atoms with E-state index in [4.69, 9.17) is 4.74 Å². The number of thiazole rings is 1. The second-order valence-electron chi connectivity index (χ2n) is 3.43. The standard InChI is InChI=1S/C12H10FNO2S/c1-8(15)11-7-17-12(14-11)6-16-10-4-2-3-9(13)5-10/h2-5,7H,6H2,1H3. The minimum absolute atomic E-state index is 0.0711. The summed E-state index contributed by atoms with van der Waals surface area (Å²) in [6.45, 7) is 1.70. The lowest BCUT2D eigenvalue weighted by molar-refractivity contribution is 0.101. The molecule has 0 spiro atoms. The van der Waals surface area contributed by atoms with Gasteiger partial charge in [0.25, 0.3) is 0 Å². The van der Waals surface area contributed by atoms with Crippen LogP contribution in [0.1, 0.15) is 22.4 Å². The lowest BCUT2D eigenvalue weighted by Gasteiger charge is -2.03. The third-order valence-electron chi connectivity index (χ3n) is 2.07. The molecule has 2 aromatic rings. The molecule has 1 aromatic heterocycles. The van der Waals surface area contributed by atoms with Crippen LogP contribution in [0.25, 0.3) is 0 Å². The van der Waals surface area contributed by atoms with Crippen LogP contribution >= 0.6 is 11.3 Å². The molecule has 3 nitrogen and oxygen atoms in total. The minimum Gasteiger partial charge on any atom is -0.486 e. The highest BCUT2D eigenvalue weighted by Gasteiger charge is 2.06. The smallest absolute Gasteiger partial charge is 0.178 e. The summed E-state index contributed by atoms with van der Waals surface area (Å²) in [6.07, 6.45) is 0. The Hall–Kier alpha value is -1.75. The lowest BCUT2D eigenvalue weighted by Crippen LogP contribution is -1.97. The normalized spacial score (nSPS) is 10.2. The van der Waals surface area contributed by atoms with Gasteiger partial charge >= 0.3 is 0 Å². The highest BCUT2D eigenvalue weighted by Crippen LogP contribution is 2.16. The predicted octanol–water partition coefficient (Wildman–Crippen LogP) is 3.06. The largest absolute Gasteiger partial charge is 0.486 e. The molecule has 0 amide bonds. The number of rotatable bonds is 4. The molecule has 0 aliphatic rings. The number of carbonyl (C=O) groups is 1. The number of carbonyl (C=O) groups excluding carboxylic acids is 1. The van der Waals surface area contributed by atoms with E-state index in [-0.39, 0.29) is 18.2 Å². The van der Waals surface area contributed by atoms with Gasteiger partial charge in [0.1, 0.15) is 28.9 Å². The average molecular weight is 251 g/mol. The summed E-state index contributed by atoms with van der Waals surface area (Å²) in [5.74, 6) is 0.0360. The zero-order valence-corrected chi connectivity index (χ0v) is 9.96. The SMILES string of the molecule is CC(=O)c1csc(COc2cccc(F)c2)n1. The van der Waals surface area contributed by atoms with E-state index in [1.165, 1.54) is 30.4 Å². The topological polar surface area (TPSA) is 39.2 Å². The van der Waals surface area contributed by atoms with Crippen molar-refractivity contribution in [3.05, 3.63) is 46.2 Å². The number of hydrogen-bond donors (Lipinski definition) is 0. The van der Waals surface area contributed by atoms with E-state index in [2.05, 4.69) is 4.98 Å². The minimum atomic E-state index is -0.342. The van der Waals surface area contributed by atoms with Gasteiger partial charge in [-0.1, -0.05) is 6.07 Å². The van der Waals surface area contributed by atoms with Crippen LogP contribution in [0.5, 0.6) is 5.75 Å². The van der Waals surface area contributed by atoms with Crippen LogP contribution in [0, 0.1) is 5.82 Å². The first-order valence-corrected chi connectivity index (χ1v) is 5.87. The third kappa shape index (κ3) is 3.10. The number of ether oxygens (including phenoxy) is 1. The fourth-order valence-corrected chi connectivity index (χ4v) is 1.99. The van der Waals surface area contributed by atoms with Crippen molar-refractivity contribution in [2.75, 3.05) is 0 Å². The number of nitrogens with zero attached hydrogens (tertiary/aromatic N) is 1. The molecule has 1 heterocycles. The van der Waals surface area contributed by atoms with Crippen LogP contribution in [0.15, 0.2) is 29.6 Å². The fourth-order valence-electron chi connectivity index (χ4n) is 1.24. The summed E-state index contributed by atoms with van der Waals surface area (Å²) in [5.41, 5.74) is 0.438. The molecular formula is C12H10FNO2S. The van der Waals surface area contributed by atoms with Gasteiger partial charge in [-0.2, -0.15) is 0 Å². The average Bonchev–Trinajstić information content (AvgIpc) is 2.75. The molecule has 0 radical (unpaired) electrons. The number of hydrogen-bond acceptors (Lipinski definition) is 4. The van der Waals surface area contributed by atoms with E-state index in [9.17, 15) is 9.18 Å². The van der Waals surface area contributed by atoms with Gasteiger partial charge in [-0.25, -0.2) is 9.37 Å². The number of benzene rings is 1. The number of Topliss-reactive ketones (excluding diaryl/α,β-unsaturated/α-hetero) is 1. The van der Waals surface area contributed by atoms with Crippen LogP contribution in [0.2, 0.25) is 0 Å². The molecule has 0 atom stereocenters. The molecular weight excluding hydrogens is 241 g/mol. The summed E-state index contributed by atoms with van der Waals surface area (Å²) >= 11 is 1.35. The Bertz CT molecular complexity index is 539. The van der Waals surface area contributed by atoms with Crippen molar-refractivity contribution in [2.24, 2.45) is 0 Å². The Labute approximate surface area is 102 Å². The molecule has 0 N–H and O–H groups in total. The zero-order chi connectivity index (χ0) is 12.3. The third-order valence-corrected chi connectivity index (χ3v) is 2.89. The van der Waals surface area contributed by atoms with Crippen molar-refractivity contribution < 1.29 is 13.9 Å². The summed E-state index contributed by atoms with van der Waals surface area (Å²) < 4.78 is 18.2. The van der Waals surface area contributed by atoms with Crippen molar-refractivity contribution in [2.45, 2.75) is 13.5 Å². The Morgan fingerprint density at radius 1 is 1.53 bits per heavy atom. The molecule has 2 rings (SSSR count). The predicted molar refractivity (Wildman–Crippen MR) is 62.9 cm³/mol. The van der Waals surface area contributed by atoms with Crippen molar-refractivity contribution in [1.82, 2.24) is 4.98 Å². The Kier molecular flexibility index (Phi) is 3.49. The summed E-state index contributed by atoms with van der Waals surface area (Å²) in [7, 11) is 0. The fraction of sp³-hybridized carbons (Fsp3) is 0.167. The quantitative estimate of drug-likeness (QED) is 0.784. The van der Waals surface area contributed by atoms with Gasteiger partial charge in [-0.05, 0) is 12.1 Å². The first kappa shape index (κ1) is 11.7. The first-order chi connectivity index (χ1) is 8.15. The van der Waals surface area contributed by atoms with E-state index in [1.54, 1.807) is 17.5 Å². The van der Waals surface area contributed by atoms with Gasteiger partial charge in [-0.3, -0.25) is 4.79 Å². The van der Waals surface area contributed by atoms with E-state index in [0.717, 1.165) is 0 Å². The maximum absolute atomic E-state index is 12.9. The maximum Gasteiger partial charge on any atom is 0.178 e. The Morgan fingerprint density at radius 2 is 2.35 bits per heavy atom. The maximum atomic E-state index is 12.9. The van der Waals surface area contributed by atoms with Gasteiger partial charge < -0.3 is 4.74 Å². The van der Waals surface area contributed by atoms with Crippen molar-refractivity contribution in [3.8, 4) is 5.75 Å². The summed E-state index contributed by atoms with van der Waals surface area (Å²) in [6, 6.07) is 5.90. The van der Waals surface area contributed by atoms with E-state index < -0.39 is 0 Å². The number of aromatic nitrogens is 1. The van der Waals surface area contributed by atoms with Crippen LogP contribution in [-0.2, 0) is 6.61 Å². The van der Waals surface area contributed by atoms with E-state index in [1.807, 2.05) is 0 Å². The van der Waals surface area contributed by atoms with Crippen molar-refractivity contribution >= 4 is 17.1 Å². The molecule has 5 heteroatoms. The summed E-state index contributed by atoms with van der Waals surface area (Å²) in [5, 5.41) is 2.38. The molecule has 0 fully saturated rings. The Balaban J connectivity index is 2.00. The molecule has 1 aromatic carbocycles. The van der Waals surface area contributed by atoms with Crippen molar-refractivity contribution in [3.63, 3.8) is 0 Å². The number of halogens is 1. The molecule has 0 unspecified atom stereocenters. The molecule has 0 aliphatic carbocycles. The van der Waals surface area contributed by atoms with Gasteiger partial charge in [0.05, 0.1) is 0 Å². The van der Waals surface area contributed by atoms with Crippen LogP contribution in [0.3, 0.4) is 0 Å². The van der Waals surface area contributed by atoms with Gasteiger partial charge in [0.2, 0.25) is 0 Å². The van der Waals surface area contributed by atoms with Crippen molar-refractivity contribution in [1.29, 1.82) is 0 Å². The monoisotopic (exact) mass is 251 g/mol. The van der Waals surface area contributed by atoms with E-state index >= 15 is 0 Å².